The van der Waals surface area contributed by atoms with Crippen molar-refractivity contribution in [3.05, 3.63) is 22.6 Å². The molecular weight excluding hydrogens is 292 g/mol. The van der Waals surface area contributed by atoms with Gasteiger partial charge in [-0.3, -0.25) is 4.90 Å². The molecule has 4 heteroatoms. The van der Waals surface area contributed by atoms with Crippen LogP contribution in [0, 0.1) is 5.92 Å². The number of nitrogens with one attached hydrogen (secondary N) is 1. The Morgan fingerprint density at radius 3 is 2.83 bits per heavy atom. The summed E-state index contributed by atoms with van der Waals surface area (Å²) in [6.07, 6.45) is 5.35. The fourth-order valence-electron chi connectivity index (χ4n) is 3.28. The standard InChI is InChI=1S/C14H21BrN2O/c1-16-9-10-3-2-8-17(11-4-5-11)14(10)12-6-7-13(15)18-12/h6-7,10-11,14,16H,2-5,8-9H2,1H3. The summed E-state index contributed by atoms with van der Waals surface area (Å²) in [6.45, 7) is 2.31. The zero-order chi connectivity index (χ0) is 12.5. The molecule has 2 unspecified atom stereocenters. The van der Waals surface area contributed by atoms with Gasteiger partial charge in [0.25, 0.3) is 0 Å². The second-order valence-electron chi connectivity index (χ2n) is 5.52. The maximum Gasteiger partial charge on any atom is 0.169 e. The Balaban J connectivity index is 1.85. The monoisotopic (exact) mass is 312 g/mol. The largest absolute Gasteiger partial charge is 0.453 e. The van der Waals surface area contributed by atoms with E-state index in [4.69, 9.17) is 4.42 Å². The van der Waals surface area contributed by atoms with Gasteiger partial charge in [0, 0.05) is 6.04 Å². The molecule has 18 heavy (non-hydrogen) atoms. The number of hydrogen-bond acceptors (Lipinski definition) is 3. The van der Waals surface area contributed by atoms with Crippen LogP contribution < -0.4 is 5.32 Å². The van der Waals surface area contributed by atoms with E-state index in [0.29, 0.717) is 12.0 Å². The minimum atomic E-state index is 0.463. The van der Waals surface area contributed by atoms with Crippen LogP contribution in [0.4, 0.5) is 0 Å². The van der Waals surface area contributed by atoms with E-state index in [0.717, 1.165) is 23.0 Å². The number of likely N-dealkylation sites (tertiary alicyclic amines) is 1. The molecule has 1 saturated carbocycles. The van der Waals surface area contributed by atoms with Crippen LogP contribution in [0.2, 0.25) is 0 Å². The normalized spacial score (nSPS) is 29.7. The van der Waals surface area contributed by atoms with Crippen molar-refractivity contribution in [1.29, 1.82) is 0 Å². The summed E-state index contributed by atoms with van der Waals surface area (Å²) in [5.41, 5.74) is 0. The molecular formula is C14H21BrN2O. The van der Waals surface area contributed by atoms with E-state index in [-0.39, 0.29) is 0 Å². The molecule has 1 aromatic rings. The Hall–Kier alpha value is -0.320. The van der Waals surface area contributed by atoms with Crippen molar-refractivity contribution in [2.24, 2.45) is 5.92 Å². The Bertz CT molecular complexity index is 400. The second kappa shape index (κ2) is 5.35. The fraction of sp³-hybridized carbons (Fsp3) is 0.714. The van der Waals surface area contributed by atoms with Gasteiger partial charge < -0.3 is 9.73 Å². The molecule has 0 aromatic carbocycles. The van der Waals surface area contributed by atoms with E-state index in [1.807, 2.05) is 13.1 Å². The van der Waals surface area contributed by atoms with Crippen LogP contribution in [-0.4, -0.2) is 31.1 Å². The molecule has 0 bridgehead atoms. The quantitative estimate of drug-likeness (QED) is 0.925. The Morgan fingerprint density at radius 1 is 1.39 bits per heavy atom. The van der Waals surface area contributed by atoms with Crippen LogP contribution in [-0.2, 0) is 0 Å². The Kier molecular flexibility index (Phi) is 3.78. The fourth-order valence-corrected chi connectivity index (χ4v) is 3.60. The second-order valence-corrected chi connectivity index (χ2v) is 6.30. The lowest BCUT2D eigenvalue weighted by atomic mass is 9.87. The van der Waals surface area contributed by atoms with E-state index in [1.165, 1.54) is 32.2 Å². The molecule has 0 radical (unpaired) electrons. The highest BCUT2D eigenvalue weighted by molar-refractivity contribution is 9.10. The first-order chi connectivity index (χ1) is 8.79. The van der Waals surface area contributed by atoms with Crippen LogP contribution in [0.25, 0.3) is 0 Å². The molecule has 1 N–H and O–H groups in total. The number of halogens is 1. The van der Waals surface area contributed by atoms with Gasteiger partial charge in [0.05, 0.1) is 6.04 Å². The van der Waals surface area contributed by atoms with Crippen LogP contribution in [0.3, 0.4) is 0 Å². The minimum absolute atomic E-state index is 0.463. The summed E-state index contributed by atoms with van der Waals surface area (Å²) in [6, 6.07) is 5.42. The average molecular weight is 313 g/mol. The maximum absolute atomic E-state index is 5.85. The van der Waals surface area contributed by atoms with Gasteiger partial charge in [-0.2, -0.15) is 0 Å². The molecule has 2 heterocycles. The molecule has 2 aliphatic rings. The van der Waals surface area contributed by atoms with Gasteiger partial charge in [-0.15, -0.1) is 0 Å². The zero-order valence-electron chi connectivity index (χ0n) is 10.9. The van der Waals surface area contributed by atoms with Gasteiger partial charge in [-0.05, 0) is 79.8 Å². The third-order valence-electron chi connectivity index (χ3n) is 4.16. The maximum atomic E-state index is 5.85. The summed E-state index contributed by atoms with van der Waals surface area (Å²) in [5, 5.41) is 3.34. The van der Waals surface area contributed by atoms with Crippen molar-refractivity contribution in [2.45, 2.75) is 37.8 Å². The van der Waals surface area contributed by atoms with E-state index >= 15 is 0 Å². The molecule has 3 rings (SSSR count). The molecule has 2 atom stereocenters. The summed E-state index contributed by atoms with van der Waals surface area (Å²) < 4.78 is 6.70. The van der Waals surface area contributed by atoms with Crippen LogP contribution >= 0.6 is 15.9 Å². The lowest BCUT2D eigenvalue weighted by Crippen LogP contribution is -2.43. The topological polar surface area (TPSA) is 28.4 Å². The average Bonchev–Trinajstić information content (AvgIpc) is 3.12. The number of nitrogens with zero attached hydrogens (tertiary/aromatic N) is 1. The molecule has 3 nitrogen and oxygen atoms in total. The van der Waals surface area contributed by atoms with Crippen molar-refractivity contribution in [2.75, 3.05) is 20.1 Å². The van der Waals surface area contributed by atoms with Crippen molar-refractivity contribution >= 4 is 15.9 Å². The number of furan rings is 1. The summed E-state index contributed by atoms with van der Waals surface area (Å²) in [5.74, 6) is 1.80. The lowest BCUT2D eigenvalue weighted by molar-refractivity contribution is 0.0683. The predicted octanol–water partition coefficient (Wildman–Crippen LogP) is 3.18. The van der Waals surface area contributed by atoms with E-state index in [1.54, 1.807) is 0 Å². The van der Waals surface area contributed by atoms with Crippen LogP contribution in [0.15, 0.2) is 21.2 Å². The van der Waals surface area contributed by atoms with Crippen molar-refractivity contribution in [3.8, 4) is 0 Å². The summed E-state index contributed by atoms with van der Waals surface area (Å²) in [7, 11) is 2.05. The van der Waals surface area contributed by atoms with Crippen molar-refractivity contribution in [3.63, 3.8) is 0 Å². The molecule has 0 spiro atoms. The van der Waals surface area contributed by atoms with E-state index in [9.17, 15) is 0 Å². The Labute approximate surface area is 117 Å². The lowest BCUT2D eigenvalue weighted by Gasteiger charge is -2.40. The minimum Gasteiger partial charge on any atom is -0.453 e. The molecule has 100 valence electrons. The predicted molar refractivity (Wildman–Crippen MR) is 75.5 cm³/mol. The van der Waals surface area contributed by atoms with Gasteiger partial charge in [-0.1, -0.05) is 0 Å². The number of rotatable bonds is 4. The van der Waals surface area contributed by atoms with Crippen molar-refractivity contribution < 1.29 is 4.42 Å². The highest BCUT2D eigenvalue weighted by Crippen LogP contribution is 2.43. The van der Waals surface area contributed by atoms with Crippen molar-refractivity contribution in [1.82, 2.24) is 10.2 Å². The zero-order valence-corrected chi connectivity index (χ0v) is 12.4. The third-order valence-corrected chi connectivity index (χ3v) is 4.59. The van der Waals surface area contributed by atoms with Gasteiger partial charge >= 0.3 is 0 Å². The molecule has 1 saturated heterocycles. The summed E-state index contributed by atoms with van der Waals surface area (Å²) in [4.78, 5) is 2.68. The van der Waals surface area contributed by atoms with Gasteiger partial charge in [-0.25, -0.2) is 0 Å². The SMILES string of the molecule is CNCC1CCCN(C2CC2)C1c1ccc(Br)o1. The molecule has 1 aliphatic heterocycles. The van der Waals surface area contributed by atoms with Gasteiger partial charge in [0.2, 0.25) is 0 Å². The van der Waals surface area contributed by atoms with Crippen LogP contribution in [0.5, 0.6) is 0 Å². The molecule has 1 aromatic heterocycles. The van der Waals surface area contributed by atoms with Crippen LogP contribution in [0.1, 0.15) is 37.5 Å². The van der Waals surface area contributed by atoms with Gasteiger partial charge in [0.1, 0.15) is 5.76 Å². The summed E-state index contributed by atoms with van der Waals surface area (Å²) >= 11 is 3.43. The van der Waals surface area contributed by atoms with E-state index in [2.05, 4.69) is 32.2 Å². The first kappa shape index (κ1) is 12.7. The Morgan fingerprint density at radius 2 is 2.22 bits per heavy atom. The first-order valence-corrected chi connectivity index (χ1v) is 7.74. The molecule has 0 amide bonds. The van der Waals surface area contributed by atoms with Gasteiger partial charge in [0.15, 0.2) is 4.67 Å². The smallest absolute Gasteiger partial charge is 0.169 e. The van der Waals surface area contributed by atoms with E-state index < -0.39 is 0 Å². The molecule has 2 fully saturated rings. The molecule has 1 aliphatic carbocycles. The number of piperidine rings is 1. The number of hydrogen-bond donors (Lipinski definition) is 1. The highest BCUT2D eigenvalue weighted by Gasteiger charge is 2.41. The third kappa shape index (κ3) is 2.51. The first-order valence-electron chi connectivity index (χ1n) is 6.95. The highest BCUT2D eigenvalue weighted by atomic mass is 79.9.